The van der Waals surface area contributed by atoms with Crippen molar-refractivity contribution in [1.82, 2.24) is 5.32 Å². The van der Waals surface area contributed by atoms with Crippen LogP contribution in [0.5, 0.6) is 5.75 Å². The molecular formula is C18H22FNO. The smallest absolute Gasteiger partial charge is 0.123 e. The van der Waals surface area contributed by atoms with E-state index >= 15 is 0 Å². The molecule has 2 rings (SSSR count). The minimum absolute atomic E-state index is 0.148. The zero-order valence-corrected chi connectivity index (χ0v) is 12.8. The molecule has 0 spiro atoms. The molecule has 1 N–H and O–H groups in total. The fraction of sp³-hybridized carbons (Fsp3) is 0.333. The number of benzene rings is 2. The summed E-state index contributed by atoms with van der Waals surface area (Å²) in [5.41, 5.74) is 3.26. The highest BCUT2D eigenvalue weighted by molar-refractivity contribution is 5.38. The van der Waals surface area contributed by atoms with Gasteiger partial charge in [-0.2, -0.15) is 0 Å². The molecule has 0 aliphatic rings. The van der Waals surface area contributed by atoms with Gasteiger partial charge in [0.1, 0.15) is 11.6 Å². The molecule has 0 amide bonds. The molecule has 0 aromatic heterocycles. The standard InChI is InChI=1S/C18H22FNO/c1-4-20-17(16-7-5-6-8-18(16)21-3)12-14-9-10-15(19)11-13(14)2/h5-11,17,20H,4,12H2,1-3H3. The molecule has 112 valence electrons. The van der Waals surface area contributed by atoms with Crippen molar-refractivity contribution in [3.63, 3.8) is 0 Å². The Morgan fingerprint density at radius 1 is 1.19 bits per heavy atom. The fourth-order valence-electron chi connectivity index (χ4n) is 2.60. The molecular weight excluding hydrogens is 265 g/mol. The van der Waals surface area contributed by atoms with Gasteiger partial charge in [0.15, 0.2) is 0 Å². The van der Waals surface area contributed by atoms with Crippen LogP contribution in [-0.4, -0.2) is 13.7 Å². The molecule has 21 heavy (non-hydrogen) atoms. The summed E-state index contributed by atoms with van der Waals surface area (Å²) >= 11 is 0. The Hall–Kier alpha value is -1.87. The van der Waals surface area contributed by atoms with Gasteiger partial charge in [0.2, 0.25) is 0 Å². The maximum absolute atomic E-state index is 13.2. The first-order valence-electron chi connectivity index (χ1n) is 7.27. The van der Waals surface area contributed by atoms with Crippen molar-refractivity contribution in [2.45, 2.75) is 26.3 Å². The van der Waals surface area contributed by atoms with Crippen molar-refractivity contribution in [2.24, 2.45) is 0 Å². The molecule has 0 fully saturated rings. The van der Waals surface area contributed by atoms with E-state index in [2.05, 4.69) is 18.3 Å². The molecule has 1 unspecified atom stereocenters. The third-order valence-electron chi connectivity index (χ3n) is 3.69. The average Bonchev–Trinajstić information content (AvgIpc) is 2.49. The van der Waals surface area contributed by atoms with Gasteiger partial charge >= 0.3 is 0 Å². The van der Waals surface area contributed by atoms with Crippen molar-refractivity contribution >= 4 is 0 Å². The Morgan fingerprint density at radius 3 is 2.62 bits per heavy atom. The maximum Gasteiger partial charge on any atom is 0.123 e. The van der Waals surface area contributed by atoms with Crippen LogP contribution in [0.2, 0.25) is 0 Å². The molecule has 0 aliphatic carbocycles. The summed E-state index contributed by atoms with van der Waals surface area (Å²) in [6.07, 6.45) is 0.806. The van der Waals surface area contributed by atoms with Crippen LogP contribution in [0.3, 0.4) is 0 Å². The number of nitrogens with one attached hydrogen (secondary N) is 1. The fourth-order valence-corrected chi connectivity index (χ4v) is 2.60. The first-order chi connectivity index (χ1) is 10.2. The number of aryl methyl sites for hydroxylation is 1. The molecule has 0 aliphatic heterocycles. The van der Waals surface area contributed by atoms with Crippen molar-refractivity contribution in [3.05, 3.63) is 65.0 Å². The zero-order chi connectivity index (χ0) is 15.2. The first kappa shape index (κ1) is 15.5. The van der Waals surface area contributed by atoms with E-state index in [0.717, 1.165) is 35.4 Å². The summed E-state index contributed by atoms with van der Waals surface area (Å²) in [5.74, 6) is 0.691. The largest absolute Gasteiger partial charge is 0.496 e. The molecule has 0 saturated carbocycles. The van der Waals surface area contributed by atoms with Crippen molar-refractivity contribution in [1.29, 1.82) is 0 Å². The monoisotopic (exact) mass is 287 g/mol. The average molecular weight is 287 g/mol. The quantitative estimate of drug-likeness (QED) is 0.866. The number of para-hydroxylation sites is 1. The SMILES string of the molecule is CCNC(Cc1ccc(F)cc1C)c1ccccc1OC. The summed E-state index contributed by atoms with van der Waals surface area (Å²) < 4.78 is 18.7. The second-order valence-electron chi connectivity index (χ2n) is 5.13. The Kier molecular flexibility index (Phi) is 5.34. The number of hydrogen-bond donors (Lipinski definition) is 1. The second-order valence-corrected chi connectivity index (χ2v) is 5.13. The van der Waals surface area contributed by atoms with E-state index in [0.29, 0.717) is 0 Å². The van der Waals surface area contributed by atoms with Crippen molar-refractivity contribution < 1.29 is 9.13 Å². The highest BCUT2D eigenvalue weighted by Crippen LogP contribution is 2.28. The van der Waals surface area contributed by atoms with Crippen LogP contribution >= 0.6 is 0 Å². The Labute approximate surface area is 126 Å². The van der Waals surface area contributed by atoms with Gasteiger partial charge in [-0.3, -0.25) is 0 Å². The van der Waals surface area contributed by atoms with Crippen LogP contribution in [0.15, 0.2) is 42.5 Å². The number of hydrogen-bond acceptors (Lipinski definition) is 2. The Morgan fingerprint density at radius 2 is 1.95 bits per heavy atom. The summed E-state index contributed by atoms with van der Waals surface area (Å²) in [6, 6.07) is 13.1. The third kappa shape index (κ3) is 3.82. The maximum atomic E-state index is 13.2. The van der Waals surface area contributed by atoms with Crippen LogP contribution in [0, 0.1) is 12.7 Å². The van der Waals surface area contributed by atoms with Gasteiger partial charge in [-0.05, 0) is 49.2 Å². The van der Waals surface area contributed by atoms with E-state index in [4.69, 9.17) is 4.74 Å². The van der Waals surface area contributed by atoms with Crippen LogP contribution in [0.4, 0.5) is 4.39 Å². The summed E-state index contributed by atoms with van der Waals surface area (Å²) in [5, 5.41) is 3.49. The van der Waals surface area contributed by atoms with E-state index in [1.165, 1.54) is 6.07 Å². The summed E-state index contributed by atoms with van der Waals surface area (Å²) in [4.78, 5) is 0. The highest BCUT2D eigenvalue weighted by Gasteiger charge is 2.16. The Balaban J connectivity index is 2.30. The Bertz CT molecular complexity index is 598. The van der Waals surface area contributed by atoms with Gasteiger partial charge in [0.05, 0.1) is 7.11 Å². The van der Waals surface area contributed by atoms with Gasteiger partial charge in [0, 0.05) is 11.6 Å². The normalized spacial score (nSPS) is 12.2. The highest BCUT2D eigenvalue weighted by atomic mass is 19.1. The van der Waals surface area contributed by atoms with Gasteiger partial charge in [-0.25, -0.2) is 4.39 Å². The second kappa shape index (κ2) is 7.23. The number of likely N-dealkylation sites (N-methyl/N-ethyl adjacent to an activating group) is 1. The van der Waals surface area contributed by atoms with Crippen molar-refractivity contribution in [3.8, 4) is 5.75 Å². The van der Waals surface area contributed by atoms with E-state index < -0.39 is 0 Å². The number of halogens is 1. The molecule has 3 heteroatoms. The number of methoxy groups -OCH3 is 1. The lowest BCUT2D eigenvalue weighted by atomic mass is 9.95. The van der Waals surface area contributed by atoms with E-state index in [-0.39, 0.29) is 11.9 Å². The lowest BCUT2D eigenvalue weighted by Gasteiger charge is -2.21. The molecule has 0 heterocycles. The first-order valence-corrected chi connectivity index (χ1v) is 7.27. The lowest BCUT2D eigenvalue weighted by Crippen LogP contribution is -2.23. The van der Waals surface area contributed by atoms with Gasteiger partial charge in [-0.1, -0.05) is 31.2 Å². The van der Waals surface area contributed by atoms with Crippen LogP contribution in [0.1, 0.15) is 29.7 Å². The van der Waals surface area contributed by atoms with E-state index in [1.807, 2.05) is 31.2 Å². The van der Waals surface area contributed by atoms with Crippen molar-refractivity contribution in [2.75, 3.05) is 13.7 Å². The molecule has 2 nitrogen and oxygen atoms in total. The lowest BCUT2D eigenvalue weighted by molar-refractivity contribution is 0.399. The predicted octanol–water partition coefficient (Wildman–Crippen LogP) is 4.04. The molecule has 1 atom stereocenters. The van der Waals surface area contributed by atoms with Gasteiger partial charge < -0.3 is 10.1 Å². The third-order valence-corrected chi connectivity index (χ3v) is 3.69. The van der Waals surface area contributed by atoms with E-state index in [1.54, 1.807) is 13.2 Å². The van der Waals surface area contributed by atoms with Crippen LogP contribution < -0.4 is 10.1 Å². The molecule has 0 saturated heterocycles. The van der Waals surface area contributed by atoms with Gasteiger partial charge in [-0.15, -0.1) is 0 Å². The topological polar surface area (TPSA) is 21.3 Å². The minimum atomic E-state index is -0.187. The predicted molar refractivity (Wildman–Crippen MR) is 84.3 cm³/mol. The molecule has 2 aromatic carbocycles. The summed E-state index contributed by atoms with van der Waals surface area (Å²) in [7, 11) is 1.69. The minimum Gasteiger partial charge on any atom is -0.496 e. The molecule has 0 bridgehead atoms. The molecule has 0 radical (unpaired) electrons. The zero-order valence-electron chi connectivity index (χ0n) is 12.8. The van der Waals surface area contributed by atoms with E-state index in [9.17, 15) is 4.39 Å². The molecule has 2 aromatic rings. The van der Waals surface area contributed by atoms with Crippen LogP contribution in [0.25, 0.3) is 0 Å². The number of ether oxygens (including phenoxy) is 1. The van der Waals surface area contributed by atoms with Gasteiger partial charge in [0.25, 0.3) is 0 Å². The summed E-state index contributed by atoms with van der Waals surface area (Å²) in [6.45, 7) is 4.90. The van der Waals surface area contributed by atoms with Crippen LogP contribution in [-0.2, 0) is 6.42 Å². The number of rotatable bonds is 6.